The van der Waals surface area contributed by atoms with Crippen molar-refractivity contribution in [2.45, 2.75) is 33.6 Å². The quantitative estimate of drug-likeness (QED) is 0.561. The normalized spacial score (nSPS) is 26.5. The van der Waals surface area contributed by atoms with Gasteiger partial charge in [-0.1, -0.05) is 13.8 Å². The summed E-state index contributed by atoms with van der Waals surface area (Å²) in [5.74, 6) is 1.84. The Hall–Kier alpha value is -0.460. The Morgan fingerprint density at radius 1 is 1.36 bits per heavy atom. The van der Waals surface area contributed by atoms with E-state index in [4.69, 9.17) is 4.74 Å². The van der Waals surface area contributed by atoms with Crippen LogP contribution in [0.2, 0.25) is 0 Å². The Morgan fingerprint density at radius 2 is 2.00 bits per heavy atom. The van der Waals surface area contributed by atoms with Gasteiger partial charge in [0.15, 0.2) is 0 Å². The molecule has 0 aromatic rings. The molecule has 0 aromatic carbocycles. The third-order valence-corrected chi connectivity index (χ3v) is 3.05. The Morgan fingerprint density at radius 3 is 2.27 bits per heavy atom. The van der Waals surface area contributed by atoms with Gasteiger partial charge >= 0.3 is 0 Å². The van der Waals surface area contributed by atoms with Crippen LogP contribution in [0.1, 0.15) is 33.6 Å². The maximum absolute atomic E-state index is 5.68. The van der Waals surface area contributed by atoms with Gasteiger partial charge in [0, 0.05) is 11.3 Å². The largest absolute Gasteiger partial charge is 0.497 e. The molecule has 1 saturated carbocycles. The highest BCUT2D eigenvalue weighted by Crippen LogP contribution is 2.57. The van der Waals surface area contributed by atoms with Crippen molar-refractivity contribution in [1.82, 2.24) is 0 Å². The molecule has 1 aliphatic carbocycles. The second kappa shape index (κ2) is 2.02. The molecule has 0 bridgehead atoms. The zero-order valence-corrected chi connectivity index (χ0v) is 7.61. The molecule has 62 valence electrons. The predicted molar refractivity (Wildman–Crippen MR) is 45.2 cm³/mol. The van der Waals surface area contributed by atoms with Gasteiger partial charge in [0.1, 0.15) is 0 Å². The Balaban J connectivity index is 2.26. The van der Waals surface area contributed by atoms with Gasteiger partial charge in [0.2, 0.25) is 0 Å². The van der Waals surface area contributed by atoms with E-state index in [9.17, 15) is 0 Å². The van der Waals surface area contributed by atoms with E-state index in [2.05, 4.69) is 20.8 Å². The topological polar surface area (TPSA) is 9.23 Å². The molecule has 0 unspecified atom stereocenters. The Bertz CT molecular complexity index is 209. The summed E-state index contributed by atoms with van der Waals surface area (Å²) in [7, 11) is 0. The molecule has 1 nitrogen and oxygen atoms in total. The Labute approximate surface area is 68.4 Å². The maximum Gasteiger partial charge on any atom is 0.0981 e. The van der Waals surface area contributed by atoms with Crippen molar-refractivity contribution >= 4 is 0 Å². The van der Waals surface area contributed by atoms with Gasteiger partial charge in [-0.2, -0.15) is 0 Å². The van der Waals surface area contributed by atoms with Crippen LogP contribution in [0.25, 0.3) is 0 Å². The Kier molecular flexibility index (Phi) is 1.33. The number of rotatable bonds is 1. The van der Waals surface area contributed by atoms with Gasteiger partial charge in [-0.15, -0.1) is 0 Å². The minimum atomic E-state index is 0.513. The fraction of sp³-hybridized carbons (Fsp3) is 0.800. The van der Waals surface area contributed by atoms with Crippen LogP contribution in [-0.2, 0) is 4.74 Å². The first-order chi connectivity index (χ1) is 5.16. The molecule has 1 heterocycles. The van der Waals surface area contributed by atoms with Gasteiger partial charge in [-0.25, -0.2) is 0 Å². The number of hydrogen-bond acceptors (Lipinski definition) is 1. The van der Waals surface area contributed by atoms with Crippen molar-refractivity contribution < 1.29 is 4.74 Å². The third-order valence-electron chi connectivity index (χ3n) is 3.05. The first-order valence-corrected chi connectivity index (χ1v) is 4.50. The van der Waals surface area contributed by atoms with Gasteiger partial charge in [0.05, 0.1) is 12.4 Å². The molecule has 1 spiro atoms. The molecule has 0 radical (unpaired) electrons. The van der Waals surface area contributed by atoms with Crippen LogP contribution >= 0.6 is 0 Å². The lowest BCUT2D eigenvalue weighted by atomic mass is 9.96. The molecule has 1 fully saturated rings. The van der Waals surface area contributed by atoms with Crippen molar-refractivity contribution in [3.8, 4) is 0 Å². The van der Waals surface area contributed by atoms with Crippen molar-refractivity contribution in [2.75, 3.05) is 6.61 Å². The standard InChI is InChI=1S/C10H16O/c1-7(2)9-8(3)10(4-5-10)6-11-9/h7H,4-6H2,1-3H3. The fourth-order valence-electron chi connectivity index (χ4n) is 1.96. The number of hydrogen-bond donors (Lipinski definition) is 0. The van der Waals surface area contributed by atoms with Crippen molar-refractivity contribution in [1.29, 1.82) is 0 Å². The highest BCUT2D eigenvalue weighted by molar-refractivity contribution is 5.28. The van der Waals surface area contributed by atoms with Crippen LogP contribution in [-0.4, -0.2) is 6.61 Å². The summed E-state index contributed by atoms with van der Waals surface area (Å²) in [4.78, 5) is 0. The lowest BCUT2D eigenvalue weighted by Crippen LogP contribution is -2.00. The fourth-order valence-corrected chi connectivity index (χ4v) is 1.96. The lowest BCUT2D eigenvalue weighted by Gasteiger charge is -2.06. The van der Waals surface area contributed by atoms with E-state index in [0.717, 1.165) is 6.61 Å². The van der Waals surface area contributed by atoms with Crippen LogP contribution in [0.15, 0.2) is 11.3 Å². The minimum absolute atomic E-state index is 0.513. The molecule has 0 N–H and O–H groups in total. The number of allylic oxidation sites excluding steroid dienone is 1. The van der Waals surface area contributed by atoms with Gasteiger partial charge in [-0.05, 0) is 25.3 Å². The third kappa shape index (κ3) is 0.901. The highest BCUT2D eigenvalue weighted by Gasteiger charge is 2.50. The molecule has 2 aliphatic rings. The van der Waals surface area contributed by atoms with E-state index < -0.39 is 0 Å². The number of ether oxygens (including phenoxy) is 1. The van der Waals surface area contributed by atoms with E-state index >= 15 is 0 Å². The summed E-state index contributed by atoms with van der Waals surface area (Å²) in [6.07, 6.45) is 2.71. The molecule has 2 rings (SSSR count). The summed E-state index contributed by atoms with van der Waals surface area (Å²) in [5, 5.41) is 0. The molecule has 0 amide bonds. The van der Waals surface area contributed by atoms with E-state index in [-0.39, 0.29) is 0 Å². The SMILES string of the molecule is CC1=C(C(C)C)OCC12CC2. The summed E-state index contributed by atoms with van der Waals surface area (Å²) in [5.41, 5.74) is 2.05. The van der Waals surface area contributed by atoms with Crippen molar-refractivity contribution in [2.24, 2.45) is 11.3 Å². The predicted octanol–water partition coefficient (Wildman–Crippen LogP) is 2.73. The van der Waals surface area contributed by atoms with Gasteiger partial charge in [0.25, 0.3) is 0 Å². The first kappa shape index (κ1) is 7.20. The van der Waals surface area contributed by atoms with E-state index in [1.54, 1.807) is 0 Å². The average molecular weight is 152 g/mol. The zero-order valence-electron chi connectivity index (χ0n) is 7.61. The molecule has 11 heavy (non-hydrogen) atoms. The summed E-state index contributed by atoms with van der Waals surface area (Å²) < 4.78 is 5.68. The van der Waals surface area contributed by atoms with Gasteiger partial charge in [-0.3, -0.25) is 0 Å². The second-order valence-corrected chi connectivity index (χ2v) is 4.21. The molecule has 1 heteroatoms. The van der Waals surface area contributed by atoms with Crippen LogP contribution in [0.5, 0.6) is 0 Å². The van der Waals surface area contributed by atoms with E-state index in [0.29, 0.717) is 11.3 Å². The van der Waals surface area contributed by atoms with Crippen molar-refractivity contribution in [3.05, 3.63) is 11.3 Å². The maximum atomic E-state index is 5.68. The molecule has 0 saturated heterocycles. The molecular formula is C10H16O. The first-order valence-electron chi connectivity index (χ1n) is 4.50. The monoisotopic (exact) mass is 152 g/mol. The summed E-state index contributed by atoms with van der Waals surface area (Å²) in [6.45, 7) is 7.63. The summed E-state index contributed by atoms with van der Waals surface area (Å²) in [6, 6.07) is 0. The molecular weight excluding hydrogens is 136 g/mol. The zero-order chi connectivity index (χ0) is 8.06. The minimum Gasteiger partial charge on any atom is -0.497 e. The van der Waals surface area contributed by atoms with Crippen molar-refractivity contribution in [3.63, 3.8) is 0 Å². The highest BCUT2D eigenvalue weighted by atomic mass is 16.5. The molecule has 0 atom stereocenters. The summed E-state index contributed by atoms with van der Waals surface area (Å²) >= 11 is 0. The van der Waals surface area contributed by atoms with Crippen LogP contribution in [0, 0.1) is 11.3 Å². The average Bonchev–Trinajstić information content (AvgIpc) is 2.61. The lowest BCUT2D eigenvalue weighted by molar-refractivity contribution is 0.189. The van der Waals surface area contributed by atoms with Crippen LogP contribution < -0.4 is 0 Å². The van der Waals surface area contributed by atoms with E-state index in [1.807, 2.05) is 0 Å². The van der Waals surface area contributed by atoms with Gasteiger partial charge < -0.3 is 4.74 Å². The van der Waals surface area contributed by atoms with Crippen LogP contribution in [0.3, 0.4) is 0 Å². The molecule has 0 aromatic heterocycles. The smallest absolute Gasteiger partial charge is 0.0981 e. The van der Waals surface area contributed by atoms with E-state index in [1.165, 1.54) is 24.2 Å². The molecule has 1 aliphatic heterocycles. The van der Waals surface area contributed by atoms with Crippen LogP contribution in [0.4, 0.5) is 0 Å². The second-order valence-electron chi connectivity index (χ2n) is 4.21.